The van der Waals surface area contributed by atoms with Crippen LogP contribution in [-0.2, 0) is 11.3 Å². The molecule has 0 radical (unpaired) electrons. The number of amides is 1. The summed E-state index contributed by atoms with van der Waals surface area (Å²) in [6.45, 7) is -0.0230. The second kappa shape index (κ2) is 7.77. The summed E-state index contributed by atoms with van der Waals surface area (Å²) in [4.78, 5) is 33.3. The molecule has 0 aromatic heterocycles. The Bertz CT molecular complexity index is 806. The van der Waals surface area contributed by atoms with Gasteiger partial charge in [0.1, 0.15) is 23.6 Å². The maximum atomic E-state index is 11.9. The third-order valence-electron chi connectivity index (χ3n) is 3.19. The Kier molecular flexibility index (Phi) is 5.51. The fourth-order valence-electron chi connectivity index (χ4n) is 2.02. The molecule has 2 aromatic rings. The van der Waals surface area contributed by atoms with Crippen molar-refractivity contribution >= 4 is 23.4 Å². The molecular weight excluding hydrogens is 332 g/mol. The third kappa shape index (κ3) is 4.44. The second-order valence-corrected chi connectivity index (χ2v) is 4.82. The van der Waals surface area contributed by atoms with Crippen molar-refractivity contribution in [2.75, 3.05) is 12.4 Å². The summed E-state index contributed by atoms with van der Waals surface area (Å²) in [6, 6.07) is 10.7. The molecule has 0 spiro atoms. The van der Waals surface area contributed by atoms with Crippen molar-refractivity contribution in [1.29, 1.82) is 0 Å². The van der Waals surface area contributed by atoms with E-state index in [4.69, 9.17) is 14.6 Å². The zero-order valence-electron chi connectivity index (χ0n) is 13.1. The topological polar surface area (TPSA) is 128 Å². The highest BCUT2D eigenvalue weighted by atomic mass is 16.6. The smallest absolute Gasteiger partial charge is 0.412 e. The molecule has 0 aliphatic carbocycles. The number of carbonyl (C=O) groups is 2. The van der Waals surface area contributed by atoms with E-state index in [2.05, 4.69) is 5.32 Å². The van der Waals surface area contributed by atoms with Crippen molar-refractivity contribution in [2.24, 2.45) is 0 Å². The van der Waals surface area contributed by atoms with Crippen molar-refractivity contribution in [1.82, 2.24) is 0 Å². The quantitative estimate of drug-likeness (QED) is 0.607. The molecule has 0 aliphatic heterocycles. The highest BCUT2D eigenvalue weighted by molar-refractivity contribution is 5.95. The number of hydrogen-bond acceptors (Lipinski definition) is 6. The van der Waals surface area contributed by atoms with Gasteiger partial charge in [0.2, 0.25) is 0 Å². The largest absolute Gasteiger partial charge is 0.496 e. The molecule has 0 bridgehead atoms. The summed E-state index contributed by atoms with van der Waals surface area (Å²) in [7, 11) is 1.21. The number of nitrogens with zero attached hydrogens (tertiary/aromatic N) is 1. The Morgan fingerprint density at radius 2 is 1.92 bits per heavy atom. The van der Waals surface area contributed by atoms with Gasteiger partial charge in [-0.25, -0.2) is 9.59 Å². The number of anilines is 1. The van der Waals surface area contributed by atoms with E-state index in [-0.39, 0.29) is 18.0 Å². The van der Waals surface area contributed by atoms with Gasteiger partial charge in [-0.05, 0) is 5.56 Å². The molecule has 2 rings (SSSR count). The van der Waals surface area contributed by atoms with Crippen molar-refractivity contribution < 1.29 is 29.1 Å². The normalized spacial score (nSPS) is 9.96. The van der Waals surface area contributed by atoms with Gasteiger partial charge in [-0.3, -0.25) is 15.4 Å². The lowest BCUT2D eigenvalue weighted by Crippen LogP contribution is -2.15. The number of carboxylic acids is 1. The molecule has 0 heterocycles. The van der Waals surface area contributed by atoms with Crippen LogP contribution in [0.1, 0.15) is 15.9 Å². The number of nitro groups is 1. The van der Waals surface area contributed by atoms with E-state index in [1.54, 1.807) is 24.3 Å². The lowest BCUT2D eigenvalue weighted by molar-refractivity contribution is -0.384. The zero-order chi connectivity index (χ0) is 18.4. The summed E-state index contributed by atoms with van der Waals surface area (Å²) in [5.41, 5.74) is -0.469. The van der Waals surface area contributed by atoms with Crippen molar-refractivity contribution in [2.45, 2.75) is 6.61 Å². The summed E-state index contributed by atoms with van der Waals surface area (Å²) < 4.78 is 9.89. The fraction of sp³-hybridized carbons (Fsp3) is 0.125. The monoisotopic (exact) mass is 346 g/mol. The third-order valence-corrected chi connectivity index (χ3v) is 3.19. The van der Waals surface area contributed by atoms with E-state index >= 15 is 0 Å². The van der Waals surface area contributed by atoms with Crippen molar-refractivity contribution in [3.8, 4) is 5.75 Å². The molecule has 130 valence electrons. The second-order valence-electron chi connectivity index (χ2n) is 4.82. The lowest BCUT2D eigenvalue weighted by Gasteiger charge is -2.11. The Morgan fingerprint density at radius 1 is 1.24 bits per heavy atom. The van der Waals surface area contributed by atoms with Crippen LogP contribution in [-0.4, -0.2) is 29.2 Å². The van der Waals surface area contributed by atoms with Crippen LogP contribution in [0.2, 0.25) is 0 Å². The Hall–Kier alpha value is -3.62. The van der Waals surface area contributed by atoms with Crippen LogP contribution < -0.4 is 10.1 Å². The van der Waals surface area contributed by atoms with Gasteiger partial charge in [-0.15, -0.1) is 0 Å². The highest BCUT2D eigenvalue weighted by Gasteiger charge is 2.23. The Labute approximate surface area is 141 Å². The van der Waals surface area contributed by atoms with Gasteiger partial charge in [0.05, 0.1) is 12.0 Å². The molecule has 0 unspecified atom stereocenters. The number of aromatic carboxylic acids is 1. The maximum absolute atomic E-state index is 11.9. The zero-order valence-corrected chi connectivity index (χ0v) is 13.1. The Morgan fingerprint density at radius 3 is 2.48 bits per heavy atom. The van der Waals surface area contributed by atoms with Gasteiger partial charge in [-0.1, -0.05) is 30.3 Å². The maximum Gasteiger partial charge on any atom is 0.412 e. The van der Waals surface area contributed by atoms with Gasteiger partial charge in [0.25, 0.3) is 5.69 Å². The van der Waals surface area contributed by atoms with Crippen LogP contribution >= 0.6 is 0 Å². The standard InChI is InChI=1S/C16H14N2O7/c1-24-14-8-12(13(18(22)23)7-11(14)15(19)20)17-16(21)25-9-10-5-3-2-4-6-10/h2-8H,9H2,1H3,(H,17,21)(H,19,20). The summed E-state index contributed by atoms with van der Waals surface area (Å²) in [5.74, 6) is -1.52. The number of hydrogen-bond donors (Lipinski definition) is 2. The van der Waals surface area contributed by atoms with E-state index in [1.165, 1.54) is 7.11 Å². The number of carboxylic acid groups (broad SMARTS) is 1. The summed E-state index contributed by atoms with van der Waals surface area (Å²) in [6.07, 6.45) is -0.919. The van der Waals surface area contributed by atoms with Crippen LogP contribution in [0.5, 0.6) is 5.75 Å². The van der Waals surface area contributed by atoms with Crippen molar-refractivity contribution in [3.05, 3.63) is 63.7 Å². The molecule has 0 saturated heterocycles. The number of nitrogens with one attached hydrogen (secondary N) is 1. The first-order valence-electron chi connectivity index (χ1n) is 6.99. The molecule has 9 heteroatoms. The van der Waals surface area contributed by atoms with Crippen LogP contribution in [0, 0.1) is 10.1 Å². The minimum atomic E-state index is -1.39. The molecule has 0 atom stereocenters. The van der Waals surface area contributed by atoms with Crippen LogP contribution in [0.4, 0.5) is 16.2 Å². The first kappa shape index (κ1) is 17.7. The number of carbonyl (C=O) groups excluding carboxylic acids is 1. The highest BCUT2D eigenvalue weighted by Crippen LogP contribution is 2.33. The number of benzene rings is 2. The van der Waals surface area contributed by atoms with E-state index in [1.807, 2.05) is 6.07 Å². The minimum absolute atomic E-state index is 0.0230. The average molecular weight is 346 g/mol. The number of methoxy groups -OCH3 is 1. The molecule has 0 aliphatic rings. The fourth-order valence-corrected chi connectivity index (χ4v) is 2.02. The predicted octanol–water partition coefficient (Wildman–Crippen LogP) is 3.05. The molecule has 0 fully saturated rings. The van der Waals surface area contributed by atoms with Gasteiger partial charge >= 0.3 is 12.1 Å². The predicted molar refractivity (Wildman–Crippen MR) is 86.9 cm³/mol. The average Bonchev–Trinajstić information content (AvgIpc) is 2.60. The minimum Gasteiger partial charge on any atom is -0.496 e. The lowest BCUT2D eigenvalue weighted by atomic mass is 10.1. The van der Waals surface area contributed by atoms with E-state index in [0.717, 1.165) is 17.7 Å². The van der Waals surface area contributed by atoms with Crippen LogP contribution in [0.25, 0.3) is 0 Å². The number of rotatable bonds is 6. The number of ether oxygens (including phenoxy) is 2. The van der Waals surface area contributed by atoms with E-state index < -0.39 is 28.2 Å². The Balaban J connectivity index is 2.21. The summed E-state index contributed by atoms with van der Waals surface area (Å²) >= 11 is 0. The number of nitro benzene ring substituents is 1. The van der Waals surface area contributed by atoms with E-state index in [9.17, 15) is 19.7 Å². The van der Waals surface area contributed by atoms with Gasteiger partial charge in [-0.2, -0.15) is 0 Å². The van der Waals surface area contributed by atoms with E-state index in [0.29, 0.717) is 0 Å². The molecule has 1 amide bonds. The van der Waals surface area contributed by atoms with Crippen molar-refractivity contribution in [3.63, 3.8) is 0 Å². The molecule has 2 N–H and O–H groups in total. The molecular formula is C16H14N2O7. The van der Waals surface area contributed by atoms with Gasteiger partial charge in [0.15, 0.2) is 0 Å². The van der Waals surface area contributed by atoms with Crippen LogP contribution in [0.3, 0.4) is 0 Å². The summed E-state index contributed by atoms with van der Waals surface area (Å²) in [5, 5.41) is 22.4. The molecule has 9 nitrogen and oxygen atoms in total. The molecule has 0 saturated carbocycles. The SMILES string of the molecule is COc1cc(NC(=O)OCc2ccccc2)c([N+](=O)[O-])cc1C(=O)O. The van der Waals surface area contributed by atoms with Gasteiger partial charge in [0, 0.05) is 12.1 Å². The van der Waals surface area contributed by atoms with Crippen LogP contribution in [0.15, 0.2) is 42.5 Å². The van der Waals surface area contributed by atoms with Gasteiger partial charge < -0.3 is 14.6 Å². The molecule has 25 heavy (non-hydrogen) atoms. The first-order valence-corrected chi connectivity index (χ1v) is 6.99. The first-order chi connectivity index (χ1) is 11.9. The molecule has 2 aromatic carbocycles.